The largest absolute Gasteiger partial charge is 0.272 e. The van der Waals surface area contributed by atoms with Crippen LogP contribution in [0.2, 0.25) is 10.0 Å². The standard InChI is InChI=1S/C13H14Cl2N2O/c1-2-4-12-9(13(18)17-16-12)7-8-10(14)5-3-6-11(8)15/h3,5-6,9H,2,4,7H2,1H3,(H,17,18)/t9-/m1/s1. The summed E-state index contributed by atoms with van der Waals surface area (Å²) in [6, 6.07) is 5.36. The minimum Gasteiger partial charge on any atom is -0.272 e. The van der Waals surface area contributed by atoms with Crippen LogP contribution in [0, 0.1) is 5.92 Å². The second-order valence-corrected chi connectivity index (χ2v) is 5.10. The molecule has 1 aromatic rings. The maximum Gasteiger partial charge on any atom is 0.249 e. The smallest absolute Gasteiger partial charge is 0.249 e. The first-order chi connectivity index (χ1) is 8.63. The number of nitrogens with zero attached hydrogens (tertiary/aromatic N) is 1. The number of hydrogen-bond acceptors (Lipinski definition) is 2. The van der Waals surface area contributed by atoms with Gasteiger partial charge in [0.1, 0.15) is 0 Å². The molecule has 5 heteroatoms. The highest BCUT2D eigenvalue weighted by Crippen LogP contribution is 2.28. The van der Waals surface area contributed by atoms with Crippen molar-refractivity contribution < 1.29 is 4.79 Å². The summed E-state index contributed by atoms with van der Waals surface area (Å²) in [5.74, 6) is -0.322. The molecule has 1 heterocycles. The van der Waals surface area contributed by atoms with Gasteiger partial charge in [-0.2, -0.15) is 5.10 Å². The van der Waals surface area contributed by atoms with Crippen molar-refractivity contribution in [3.05, 3.63) is 33.8 Å². The molecular weight excluding hydrogens is 271 g/mol. The topological polar surface area (TPSA) is 41.5 Å². The van der Waals surface area contributed by atoms with E-state index in [2.05, 4.69) is 17.5 Å². The van der Waals surface area contributed by atoms with Gasteiger partial charge in [0.05, 0.1) is 11.6 Å². The molecule has 0 aliphatic carbocycles. The van der Waals surface area contributed by atoms with Crippen molar-refractivity contribution in [3.8, 4) is 0 Å². The van der Waals surface area contributed by atoms with E-state index in [1.165, 1.54) is 0 Å². The van der Waals surface area contributed by atoms with E-state index in [0.717, 1.165) is 24.1 Å². The third kappa shape index (κ3) is 2.68. The molecule has 2 rings (SSSR count). The molecule has 1 N–H and O–H groups in total. The SMILES string of the molecule is CCCC1=NNC(=O)[C@@H]1Cc1c(Cl)cccc1Cl. The predicted octanol–water partition coefficient (Wildman–Crippen LogP) is 3.44. The molecule has 1 aliphatic rings. The summed E-state index contributed by atoms with van der Waals surface area (Å²) in [6.45, 7) is 2.06. The van der Waals surface area contributed by atoms with Gasteiger partial charge in [-0.05, 0) is 30.5 Å². The van der Waals surface area contributed by atoms with E-state index in [-0.39, 0.29) is 11.8 Å². The fourth-order valence-electron chi connectivity index (χ4n) is 2.06. The van der Waals surface area contributed by atoms with Crippen molar-refractivity contribution in [1.29, 1.82) is 0 Å². The van der Waals surface area contributed by atoms with Gasteiger partial charge >= 0.3 is 0 Å². The van der Waals surface area contributed by atoms with Crippen LogP contribution in [0.5, 0.6) is 0 Å². The minimum atomic E-state index is -0.248. The second kappa shape index (κ2) is 5.72. The number of carbonyl (C=O) groups is 1. The number of carbonyl (C=O) groups excluding carboxylic acids is 1. The number of hydrogen-bond donors (Lipinski definition) is 1. The van der Waals surface area contributed by atoms with Crippen LogP contribution in [0.4, 0.5) is 0 Å². The van der Waals surface area contributed by atoms with Crippen molar-refractivity contribution in [2.75, 3.05) is 0 Å². The van der Waals surface area contributed by atoms with E-state index in [4.69, 9.17) is 23.2 Å². The zero-order chi connectivity index (χ0) is 13.1. The van der Waals surface area contributed by atoms with Crippen LogP contribution >= 0.6 is 23.2 Å². The molecule has 0 fully saturated rings. The summed E-state index contributed by atoms with van der Waals surface area (Å²) in [5, 5.41) is 5.27. The predicted molar refractivity (Wildman–Crippen MR) is 74.1 cm³/mol. The Morgan fingerprint density at radius 1 is 1.33 bits per heavy atom. The van der Waals surface area contributed by atoms with Crippen molar-refractivity contribution in [2.24, 2.45) is 11.0 Å². The highest BCUT2D eigenvalue weighted by Gasteiger charge is 2.30. The van der Waals surface area contributed by atoms with E-state index in [0.29, 0.717) is 16.5 Å². The van der Waals surface area contributed by atoms with Gasteiger partial charge in [-0.25, -0.2) is 5.43 Å². The first kappa shape index (κ1) is 13.4. The molecule has 0 spiro atoms. The first-order valence-corrected chi connectivity index (χ1v) is 6.68. The van der Waals surface area contributed by atoms with E-state index in [9.17, 15) is 4.79 Å². The van der Waals surface area contributed by atoms with Gasteiger partial charge in [0.2, 0.25) is 5.91 Å². The average Bonchev–Trinajstić information content (AvgIpc) is 2.66. The summed E-state index contributed by atoms with van der Waals surface area (Å²) in [7, 11) is 0. The fraction of sp³-hybridized carbons (Fsp3) is 0.385. The van der Waals surface area contributed by atoms with Gasteiger partial charge in [-0.3, -0.25) is 4.79 Å². The molecular formula is C13H14Cl2N2O. The van der Waals surface area contributed by atoms with Gasteiger partial charge in [-0.1, -0.05) is 42.6 Å². The third-order valence-corrected chi connectivity index (χ3v) is 3.71. The molecule has 0 bridgehead atoms. The highest BCUT2D eigenvalue weighted by molar-refractivity contribution is 6.36. The Morgan fingerprint density at radius 3 is 2.61 bits per heavy atom. The summed E-state index contributed by atoms with van der Waals surface area (Å²) >= 11 is 12.2. The zero-order valence-electron chi connectivity index (χ0n) is 10.0. The Kier molecular flexibility index (Phi) is 4.25. The number of nitrogens with one attached hydrogen (secondary N) is 1. The molecule has 1 atom stereocenters. The zero-order valence-corrected chi connectivity index (χ0v) is 11.6. The third-order valence-electron chi connectivity index (χ3n) is 3.00. The number of benzene rings is 1. The molecule has 1 amide bonds. The number of rotatable bonds is 4. The molecule has 3 nitrogen and oxygen atoms in total. The molecule has 0 saturated heterocycles. The van der Waals surface area contributed by atoms with Crippen molar-refractivity contribution in [2.45, 2.75) is 26.2 Å². The van der Waals surface area contributed by atoms with Crippen LogP contribution in [0.15, 0.2) is 23.3 Å². The summed E-state index contributed by atoms with van der Waals surface area (Å²) in [4.78, 5) is 11.8. The number of halogens is 2. The lowest BCUT2D eigenvalue weighted by atomic mass is 9.92. The molecule has 18 heavy (non-hydrogen) atoms. The highest BCUT2D eigenvalue weighted by atomic mass is 35.5. The van der Waals surface area contributed by atoms with Crippen LogP contribution in [0.3, 0.4) is 0 Å². The lowest BCUT2D eigenvalue weighted by Crippen LogP contribution is -2.25. The molecule has 0 radical (unpaired) electrons. The Morgan fingerprint density at radius 2 is 2.00 bits per heavy atom. The summed E-state index contributed by atoms with van der Waals surface area (Å²) in [5.41, 5.74) is 4.23. The van der Waals surface area contributed by atoms with Crippen LogP contribution < -0.4 is 5.43 Å². The number of hydrazone groups is 1. The average molecular weight is 285 g/mol. The monoisotopic (exact) mass is 284 g/mol. The summed E-state index contributed by atoms with van der Waals surface area (Å²) < 4.78 is 0. The van der Waals surface area contributed by atoms with Gasteiger partial charge in [0.25, 0.3) is 0 Å². The lowest BCUT2D eigenvalue weighted by Gasteiger charge is -2.12. The van der Waals surface area contributed by atoms with Gasteiger partial charge in [0.15, 0.2) is 0 Å². The van der Waals surface area contributed by atoms with Gasteiger partial charge < -0.3 is 0 Å². The molecule has 1 aromatic carbocycles. The van der Waals surface area contributed by atoms with E-state index >= 15 is 0 Å². The number of amides is 1. The van der Waals surface area contributed by atoms with Gasteiger partial charge in [-0.15, -0.1) is 0 Å². The van der Waals surface area contributed by atoms with Gasteiger partial charge in [0, 0.05) is 10.0 Å². The maximum absolute atomic E-state index is 11.8. The fourth-order valence-corrected chi connectivity index (χ4v) is 2.61. The minimum absolute atomic E-state index is 0.0746. The summed E-state index contributed by atoms with van der Waals surface area (Å²) in [6.07, 6.45) is 2.27. The van der Waals surface area contributed by atoms with Crippen LogP contribution in [-0.2, 0) is 11.2 Å². The first-order valence-electron chi connectivity index (χ1n) is 5.92. The Hall–Kier alpha value is -1.06. The lowest BCUT2D eigenvalue weighted by molar-refractivity contribution is -0.122. The van der Waals surface area contributed by atoms with Crippen LogP contribution in [0.1, 0.15) is 25.3 Å². The normalized spacial score (nSPS) is 18.7. The van der Waals surface area contributed by atoms with Crippen molar-refractivity contribution in [3.63, 3.8) is 0 Å². The maximum atomic E-state index is 11.8. The molecule has 0 unspecified atom stereocenters. The van der Waals surface area contributed by atoms with Crippen LogP contribution in [0.25, 0.3) is 0 Å². The molecule has 96 valence electrons. The Bertz CT molecular complexity index is 480. The van der Waals surface area contributed by atoms with Crippen molar-refractivity contribution >= 4 is 34.8 Å². The molecule has 1 aliphatic heterocycles. The van der Waals surface area contributed by atoms with E-state index in [1.807, 2.05) is 0 Å². The van der Waals surface area contributed by atoms with E-state index < -0.39 is 0 Å². The second-order valence-electron chi connectivity index (χ2n) is 4.29. The molecule has 0 saturated carbocycles. The molecule has 0 aromatic heterocycles. The Labute approximate surface area is 116 Å². The van der Waals surface area contributed by atoms with Crippen LogP contribution in [-0.4, -0.2) is 11.6 Å². The van der Waals surface area contributed by atoms with Crippen molar-refractivity contribution in [1.82, 2.24) is 5.43 Å². The van der Waals surface area contributed by atoms with E-state index in [1.54, 1.807) is 18.2 Å². The Balaban J connectivity index is 2.22. The quantitative estimate of drug-likeness (QED) is 0.904.